The van der Waals surface area contributed by atoms with Crippen molar-refractivity contribution in [3.63, 3.8) is 0 Å². The van der Waals surface area contributed by atoms with E-state index in [9.17, 15) is 13.2 Å². The van der Waals surface area contributed by atoms with E-state index in [1.54, 1.807) is 41.7 Å². The Bertz CT molecular complexity index is 1180. The molecular weight excluding hydrogens is 394 g/mol. The van der Waals surface area contributed by atoms with Gasteiger partial charge in [-0.05, 0) is 24.3 Å². The van der Waals surface area contributed by atoms with Gasteiger partial charge < -0.3 is 5.32 Å². The van der Waals surface area contributed by atoms with Gasteiger partial charge in [0.2, 0.25) is 5.91 Å². The Labute approximate surface area is 166 Å². The molecule has 1 N–H and O–H groups in total. The van der Waals surface area contributed by atoms with Crippen molar-refractivity contribution in [1.82, 2.24) is 9.38 Å². The average Bonchev–Trinajstić information content (AvgIpc) is 3.30. The molecular formula is C20H17N3O3S2. The molecule has 0 radical (unpaired) electrons. The van der Waals surface area contributed by atoms with Crippen molar-refractivity contribution in [1.29, 1.82) is 0 Å². The van der Waals surface area contributed by atoms with Gasteiger partial charge in [0.25, 0.3) is 0 Å². The fourth-order valence-corrected chi connectivity index (χ4v) is 4.75. The zero-order valence-corrected chi connectivity index (χ0v) is 16.4. The van der Waals surface area contributed by atoms with Crippen LogP contribution in [0.4, 0.5) is 5.69 Å². The number of amides is 1. The number of fused-ring (bicyclic) bond motifs is 1. The number of hydrogen-bond donors (Lipinski definition) is 1. The number of benzene rings is 2. The number of carbonyl (C=O) groups excluding carboxylic acids is 1. The maximum absolute atomic E-state index is 12.3. The number of nitrogens with zero attached hydrogens (tertiary/aromatic N) is 2. The lowest BCUT2D eigenvalue weighted by Gasteiger charge is -2.07. The van der Waals surface area contributed by atoms with Gasteiger partial charge in [0.1, 0.15) is 0 Å². The first-order valence-corrected chi connectivity index (χ1v) is 11.1. The molecule has 4 aromatic rings. The van der Waals surface area contributed by atoms with Crippen LogP contribution in [0, 0.1) is 0 Å². The van der Waals surface area contributed by atoms with Crippen molar-refractivity contribution in [3.05, 3.63) is 72.4 Å². The summed E-state index contributed by atoms with van der Waals surface area (Å²) in [4.78, 5) is 17.8. The van der Waals surface area contributed by atoms with E-state index in [2.05, 4.69) is 10.3 Å². The van der Waals surface area contributed by atoms with Crippen LogP contribution in [0.15, 0.2) is 77.3 Å². The van der Waals surface area contributed by atoms with Crippen molar-refractivity contribution in [2.45, 2.75) is 11.3 Å². The van der Waals surface area contributed by atoms with Gasteiger partial charge in [0.05, 0.1) is 16.3 Å². The first kappa shape index (κ1) is 18.4. The van der Waals surface area contributed by atoms with Crippen LogP contribution in [0.25, 0.3) is 16.2 Å². The quantitative estimate of drug-likeness (QED) is 0.522. The number of hydrogen-bond acceptors (Lipinski definition) is 5. The highest BCUT2D eigenvalue weighted by atomic mass is 32.2. The van der Waals surface area contributed by atoms with E-state index >= 15 is 0 Å². The molecule has 4 rings (SSSR count). The van der Waals surface area contributed by atoms with Crippen LogP contribution in [-0.2, 0) is 14.6 Å². The van der Waals surface area contributed by atoms with Gasteiger partial charge in [-0.3, -0.25) is 9.20 Å². The molecule has 0 aliphatic heterocycles. The minimum absolute atomic E-state index is 0.101. The molecule has 0 atom stereocenters. The standard InChI is InChI=1S/C20H17N3O3S2/c24-19(10-13-28(25,26)17-4-2-1-3-5-17)21-16-8-6-15(7-9-16)18-14-23-11-12-27-20(23)22-18/h1-9,11-12,14H,10,13H2,(H,21,24). The molecule has 6 nitrogen and oxygen atoms in total. The van der Waals surface area contributed by atoms with Crippen molar-refractivity contribution < 1.29 is 13.2 Å². The highest BCUT2D eigenvalue weighted by molar-refractivity contribution is 7.91. The highest BCUT2D eigenvalue weighted by Crippen LogP contribution is 2.23. The Morgan fingerprint density at radius 3 is 2.54 bits per heavy atom. The number of thiazole rings is 1. The van der Waals surface area contributed by atoms with Crippen LogP contribution < -0.4 is 5.32 Å². The number of sulfone groups is 1. The number of imidazole rings is 1. The largest absolute Gasteiger partial charge is 0.326 e. The fraction of sp³-hybridized carbons (Fsp3) is 0.100. The van der Waals surface area contributed by atoms with Crippen LogP contribution >= 0.6 is 11.3 Å². The van der Waals surface area contributed by atoms with Gasteiger partial charge in [-0.2, -0.15) is 0 Å². The third kappa shape index (κ3) is 3.97. The summed E-state index contributed by atoms with van der Waals surface area (Å²) in [6.07, 6.45) is 3.80. The number of carbonyl (C=O) groups is 1. The third-order valence-corrected chi connectivity index (χ3v) is 6.76. The van der Waals surface area contributed by atoms with Gasteiger partial charge in [0.15, 0.2) is 14.8 Å². The summed E-state index contributed by atoms with van der Waals surface area (Å²) in [7, 11) is -3.47. The topological polar surface area (TPSA) is 80.5 Å². The molecule has 28 heavy (non-hydrogen) atoms. The molecule has 0 aliphatic rings. The van der Waals surface area contributed by atoms with E-state index in [0.29, 0.717) is 5.69 Å². The second-order valence-corrected chi connectivity index (χ2v) is 9.21. The lowest BCUT2D eigenvalue weighted by molar-refractivity contribution is -0.115. The second-order valence-electron chi connectivity index (χ2n) is 6.23. The van der Waals surface area contributed by atoms with Gasteiger partial charge in [0, 0.05) is 35.4 Å². The number of aromatic nitrogens is 2. The zero-order chi connectivity index (χ0) is 19.6. The summed E-state index contributed by atoms with van der Waals surface area (Å²) in [5, 5.41) is 4.71. The molecule has 0 aliphatic carbocycles. The summed E-state index contributed by atoms with van der Waals surface area (Å²) in [5.41, 5.74) is 2.42. The van der Waals surface area contributed by atoms with E-state index < -0.39 is 9.84 Å². The Morgan fingerprint density at radius 2 is 1.82 bits per heavy atom. The molecule has 2 aromatic carbocycles. The van der Waals surface area contributed by atoms with E-state index in [4.69, 9.17) is 0 Å². The second kappa shape index (κ2) is 7.57. The Morgan fingerprint density at radius 1 is 1.07 bits per heavy atom. The SMILES string of the molecule is O=C(CCS(=O)(=O)c1ccccc1)Nc1ccc(-c2cn3ccsc3n2)cc1. The van der Waals surface area contributed by atoms with E-state index in [-0.39, 0.29) is 23.0 Å². The molecule has 1 amide bonds. The van der Waals surface area contributed by atoms with Crippen LogP contribution in [0.1, 0.15) is 6.42 Å². The molecule has 0 unspecified atom stereocenters. The fourth-order valence-electron chi connectivity index (χ4n) is 2.79. The summed E-state index contributed by atoms with van der Waals surface area (Å²) < 4.78 is 26.5. The van der Waals surface area contributed by atoms with Crippen molar-refractivity contribution in [3.8, 4) is 11.3 Å². The Kier molecular flexibility index (Phi) is 4.97. The average molecular weight is 412 g/mol. The van der Waals surface area contributed by atoms with Gasteiger partial charge >= 0.3 is 0 Å². The third-order valence-electron chi connectivity index (χ3n) is 4.26. The first-order chi connectivity index (χ1) is 13.5. The molecule has 142 valence electrons. The molecule has 0 saturated heterocycles. The summed E-state index contributed by atoms with van der Waals surface area (Å²) in [6.45, 7) is 0. The minimum Gasteiger partial charge on any atom is -0.326 e. The van der Waals surface area contributed by atoms with Gasteiger partial charge in [-0.15, -0.1) is 11.3 Å². The summed E-state index contributed by atoms with van der Waals surface area (Å²) in [6, 6.07) is 15.5. The van der Waals surface area contributed by atoms with E-state index in [1.165, 1.54) is 12.1 Å². The molecule has 8 heteroatoms. The number of anilines is 1. The maximum atomic E-state index is 12.3. The van der Waals surface area contributed by atoms with Crippen molar-refractivity contribution >= 4 is 37.7 Å². The number of rotatable bonds is 6. The van der Waals surface area contributed by atoms with Crippen LogP contribution in [0.3, 0.4) is 0 Å². The first-order valence-electron chi connectivity index (χ1n) is 8.61. The smallest absolute Gasteiger partial charge is 0.225 e. The predicted molar refractivity (Wildman–Crippen MR) is 110 cm³/mol. The summed E-state index contributed by atoms with van der Waals surface area (Å²) in [5.74, 6) is -0.568. The minimum atomic E-state index is -3.47. The normalized spacial score (nSPS) is 11.6. The molecule has 0 bridgehead atoms. The van der Waals surface area contributed by atoms with Gasteiger partial charge in [-0.1, -0.05) is 30.3 Å². The monoisotopic (exact) mass is 411 g/mol. The predicted octanol–water partition coefficient (Wildman–Crippen LogP) is 3.87. The van der Waals surface area contributed by atoms with Crippen LogP contribution in [0.5, 0.6) is 0 Å². The lowest BCUT2D eigenvalue weighted by Crippen LogP contribution is -2.17. The van der Waals surface area contributed by atoms with Gasteiger partial charge in [-0.25, -0.2) is 13.4 Å². The van der Waals surface area contributed by atoms with Crippen molar-refractivity contribution in [2.24, 2.45) is 0 Å². The van der Waals surface area contributed by atoms with E-state index in [1.807, 2.05) is 34.3 Å². The molecule has 2 heterocycles. The van der Waals surface area contributed by atoms with Crippen molar-refractivity contribution in [2.75, 3.05) is 11.1 Å². The lowest BCUT2D eigenvalue weighted by atomic mass is 10.1. The number of nitrogens with one attached hydrogen (secondary N) is 1. The van der Waals surface area contributed by atoms with Crippen LogP contribution in [-0.4, -0.2) is 29.5 Å². The highest BCUT2D eigenvalue weighted by Gasteiger charge is 2.16. The Balaban J connectivity index is 1.37. The Hall–Kier alpha value is -2.97. The van der Waals surface area contributed by atoms with E-state index in [0.717, 1.165) is 16.2 Å². The molecule has 0 spiro atoms. The zero-order valence-electron chi connectivity index (χ0n) is 14.8. The molecule has 0 fully saturated rings. The molecule has 2 aromatic heterocycles. The molecule has 0 saturated carbocycles. The summed E-state index contributed by atoms with van der Waals surface area (Å²) >= 11 is 1.57. The van der Waals surface area contributed by atoms with Crippen LogP contribution in [0.2, 0.25) is 0 Å². The maximum Gasteiger partial charge on any atom is 0.225 e.